The van der Waals surface area contributed by atoms with Gasteiger partial charge < -0.3 is 15.8 Å². The first-order valence-corrected chi connectivity index (χ1v) is 5.36. The van der Waals surface area contributed by atoms with E-state index in [0.29, 0.717) is 12.3 Å². The molecule has 0 aliphatic carbocycles. The molecular formula is C11H19N3O. The van der Waals surface area contributed by atoms with Crippen LogP contribution in [0.4, 0.5) is 11.5 Å². The SMILES string of the molecule is CCCCOCCNc1ccc(N)cn1. The van der Waals surface area contributed by atoms with Gasteiger partial charge in [-0.3, -0.25) is 0 Å². The number of anilines is 2. The average molecular weight is 209 g/mol. The minimum atomic E-state index is 0.680. The van der Waals surface area contributed by atoms with E-state index < -0.39 is 0 Å². The van der Waals surface area contributed by atoms with Crippen LogP contribution < -0.4 is 11.1 Å². The zero-order chi connectivity index (χ0) is 10.9. The lowest BCUT2D eigenvalue weighted by molar-refractivity contribution is 0.141. The van der Waals surface area contributed by atoms with E-state index in [1.165, 1.54) is 6.42 Å². The average Bonchev–Trinajstić information content (AvgIpc) is 2.26. The Morgan fingerprint density at radius 3 is 2.93 bits per heavy atom. The Labute approximate surface area is 90.8 Å². The first-order valence-electron chi connectivity index (χ1n) is 5.36. The molecule has 4 heteroatoms. The van der Waals surface area contributed by atoms with Crippen molar-refractivity contribution in [2.75, 3.05) is 30.8 Å². The number of pyridine rings is 1. The molecular weight excluding hydrogens is 190 g/mol. The second-order valence-corrected chi connectivity index (χ2v) is 3.37. The molecule has 0 saturated heterocycles. The Balaban J connectivity index is 2.07. The van der Waals surface area contributed by atoms with Gasteiger partial charge in [0.2, 0.25) is 0 Å². The van der Waals surface area contributed by atoms with Crippen molar-refractivity contribution in [2.24, 2.45) is 0 Å². The molecule has 0 radical (unpaired) electrons. The zero-order valence-corrected chi connectivity index (χ0v) is 9.20. The minimum Gasteiger partial charge on any atom is -0.397 e. The highest BCUT2D eigenvalue weighted by atomic mass is 16.5. The van der Waals surface area contributed by atoms with Crippen LogP contribution in [0.5, 0.6) is 0 Å². The van der Waals surface area contributed by atoms with Crippen LogP contribution in [0.25, 0.3) is 0 Å². The molecule has 0 aliphatic rings. The standard InChI is InChI=1S/C11H19N3O/c1-2-3-7-15-8-6-13-11-5-4-10(12)9-14-11/h4-5,9H,2-3,6-8,12H2,1H3,(H,13,14). The summed E-state index contributed by atoms with van der Waals surface area (Å²) in [6.45, 7) is 4.49. The van der Waals surface area contributed by atoms with Crippen LogP contribution in [0.15, 0.2) is 18.3 Å². The third-order valence-electron chi connectivity index (χ3n) is 1.98. The number of unbranched alkanes of at least 4 members (excludes halogenated alkanes) is 1. The van der Waals surface area contributed by atoms with Gasteiger partial charge in [-0.05, 0) is 18.6 Å². The molecule has 0 bridgehead atoms. The predicted molar refractivity (Wildman–Crippen MR) is 62.9 cm³/mol. The number of ether oxygens (including phenoxy) is 1. The summed E-state index contributed by atoms with van der Waals surface area (Å²) in [6.07, 6.45) is 3.94. The first-order chi connectivity index (χ1) is 7.33. The summed E-state index contributed by atoms with van der Waals surface area (Å²) in [7, 11) is 0. The van der Waals surface area contributed by atoms with Gasteiger partial charge in [0.15, 0.2) is 0 Å². The third kappa shape index (κ3) is 5.22. The molecule has 0 fully saturated rings. The quantitative estimate of drug-likeness (QED) is 0.673. The Hall–Kier alpha value is -1.29. The van der Waals surface area contributed by atoms with Gasteiger partial charge >= 0.3 is 0 Å². The Morgan fingerprint density at radius 1 is 1.40 bits per heavy atom. The summed E-state index contributed by atoms with van der Waals surface area (Å²) in [5.74, 6) is 0.836. The molecule has 0 amide bonds. The van der Waals surface area contributed by atoms with Gasteiger partial charge in [0.1, 0.15) is 5.82 Å². The number of nitrogens with one attached hydrogen (secondary N) is 1. The predicted octanol–water partition coefficient (Wildman–Crippen LogP) is 1.89. The summed E-state index contributed by atoms with van der Waals surface area (Å²) < 4.78 is 5.40. The molecule has 1 heterocycles. The minimum absolute atomic E-state index is 0.680. The highest BCUT2D eigenvalue weighted by Gasteiger charge is 1.92. The lowest BCUT2D eigenvalue weighted by Crippen LogP contribution is -2.10. The number of rotatable bonds is 7. The van der Waals surface area contributed by atoms with E-state index in [1.807, 2.05) is 12.1 Å². The van der Waals surface area contributed by atoms with E-state index in [4.69, 9.17) is 10.5 Å². The van der Waals surface area contributed by atoms with Crippen LogP contribution in [-0.2, 0) is 4.74 Å². The second-order valence-electron chi connectivity index (χ2n) is 3.37. The van der Waals surface area contributed by atoms with Crippen molar-refractivity contribution in [3.8, 4) is 0 Å². The summed E-state index contributed by atoms with van der Waals surface area (Å²) >= 11 is 0. The van der Waals surface area contributed by atoms with Crippen molar-refractivity contribution in [1.29, 1.82) is 0 Å². The van der Waals surface area contributed by atoms with Gasteiger partial charge in [0, 0.05) is 13.2 Å². The molecule has 0 atom stereocenters. The van der Waals surface area contributed by atoms with Gasteiger partial charge in [-0.25, -0.2) is 4.98 Å². The third-order valence-corrected chi connectivity index (χ3v) is 1.98. The fraction of sp³-hybridized carbons (Fsp3) is 0.545. The van der Waals surface area contributed by atoms with E-state index in [1.54, 1.807) is 6.20 Å². The van der Waals surface area contributed by atoms with Crippen molar-refractivity contribution < 1.29 is 4.74 Å². The van der Waals surface area contributed by atoms with Crippen LogP contribution in [0.2, 0.25) is 0 Å². The second kappa shape index (κ2) is 7.06. The summed E-state index contributed by atoms with van der Waals surface area (Å²) in [5, 5.41) is 3.16. The smallest absolute Gasteiger partial charge is 0.126 e. The first kappa shape index (κ1) is 11.8. The van der Waals surface area contributed by atoms with Crippen LogP contribution in [0.3, 0.4) is 0 Å². The number of aromatic nitrogens is 1. The van der Waals surface area contributed by atoms with Crippen LogP contribution in [-0.4, -0.2) is 24.7 Å². The van der Waals surface area contributed by atoms with E-state index in [9.17, 15) is 0 Å². The van der Waals surface area contributed by atoms with Gasteiger partial charge in [-0.15, -0.1) is 0 Å². The molecule has 15 heavy (non-hydrogen) atoms. The normalized spacial score (nSPS) is 10.2. The lowest BCUT2D eigenvalue weighted by Gasteiger charge is -2.06. The Bertz CT molecular complexity index is 261. The number of nitrogen functional groups attached to an aromatic ring is 1. The highest BCUT2D eigenvalue weighted by molar-refractivity contribution is 5.43. The zero-order valence-electron chi connectivity index (χ0n) is 9.20. The maximum atomic E-state index is 5.52. The molecule has 84 valence electrons. The molecule has 0 unspecified atom stereocenters. The molecule has 0 aliphatic heterocycles. The molecule has 0 aromatic carbocycles. The largest absolute Gasteiger partial charge is 0.397 e. The monoisotopic (exact) mass is 209 g/mol. The van der Waals surface area contributed by atoms with Crippen LogP contribution in [0.1, 0.15) is 19.8 Å². The van der Waals surface area contributed by atoms with Gasteiger partial charge in [-0.2, -0.15) is 0 Å². The van der Waals surface area contributed by atoms with E-state index >= 15 is 0 Å². The van der Waals surface area contributed by atoms with Crippen molar-refractivity contribution in [3.63, 3.8) is 0 Å². The summed E-state index contributed by atoms with van der Waals surface area (Å²) in [4.78, 5) is 4.12. The lowest BCUT2D eigenvalue weighted by atomic mass is 10.4. The van der Waals surface area contributed by atoms with Gasteiger partial charge in [-0.1, -0.05) is 13.3 Å². The number of hydrogen-bond acceptors (Lipinski definition) is 4. The van der Waals surface area contributed by atoms with Crippen molar-refractivity contribution >= 4 is 11.5 Å². The topological polar surface area (TPSA) is 60.2 Å². The van der Waals surface area contributed by atoms with E-state index in [2.05, 4.69) is 17.2 Å². The maximum absolute atomic E-state index is 5.52. The number of nitrogens with zero attached hydrogens (tertiary/aromatic N) is 1. The molecule has 3 N–H and O–H groups in total. The molecule has 1 aromatic heterocycles. The fourth-order valence-electron chi connectivity index (χ4n) is 1.11. The van der Waals surface area contributed by atoms with E-state index in [-0.39, 0.29) is 0 Å². The number of nitrogens with two attached hydrogens (primary N) is 1. The fourth-order valence-corrected chi connectivity index (χ4v) is 1.11. The summed E-state index contributed by atoms with van der Waals surface area (Å²) in [5.41, 5.74) is 6.20. The van der Waals surface area contributed by atoms with Gasteiger partial charge in [0.05, 0.1) is 18.5 Å². The number of hydrogen-bond donors (Lipinski definition) is 2. The molecule has 1 aromatic rings. The Morgan fingerprint density at radius 2 is 2.27 bits per heavy atom. The van der Waals surface area contributed by atoms with Crippen molar-refractivity contribution in [3.05, 3.63) is 18.3 Å². The maximum Gasteiger partial charge on any atom is 0.126 e. The van der Waals surface area contributed by atoms with Crippen molar-refractivity contribution in [1.82, 2.24) is 4.98 Å². The Kier molecular flexibility index (Phi) is 5.55. The molecule has 1 rings (SSSR count). The van der Waals surface area contributed by atoms with Crippen LogP contribution in [0, 0.1) is 0 Å². The van der Waals surface area contributed by atoms with E-state index in [0.717, 1.165) is 25.4 Å². The van der Waals surface area contributed by atoms with Crippen molar-refractivity contribution in [2.45, 2.75) is 19.8 Å². The molecule has 0 spiro atoms. The molecule has 0 saturated carbocycles. The summed E-state index contributed by atoms with van der Waals surface area (Å²) in [6, 6.07) is 3.69. The highest BCUT2D eigenvalue weighted by Crippen LogP contribution is 2.04. The van der Waals surface area contributed by atoms with Gasteiger partial charge in [0.25, 0.3) is 0 Å². The van der Waals surface area contributed by atoms with Crippen LogP contribution >= 0.6 is 0 Å². The molecule has 4 nitrogen and oxygen atoms in total.